The number of rotatable bonds is 5. The Kier molecular flexibility index (Phi) is 4.05. The van der Waals surface area contributed by atoms with E-state index in [1.807, 2.05) is 6.07 Å². The molecule has 1 N–H and O–H groups in total. The Morgan fingerprint density at radius 1 is 1.04 bits per heavy atom. The average Bonchev–Trinajstić information content (AvgIpc) is 3.15. The van der Waals surface area contributed by atoms with E-state index >= 15 is 0 Å². The number of H-pyrrole nitrogens is 1. The normalized spacial score (nSPS) is 22.0. The second kappa shape index (κ2) is 6.55. The molecule has 0 spiro atoms. The van der Waals surface area contributed by atoms with Gasteiger partial charge in [0.1, 0.15) is 5.82 Å². The maximum Gasteiger partial charge on any atom is 0.123 e. The highest BCUT2D eigenvalue weighted by atomic mass is 19.1. The molecular formula is C23H25FN2. The summed E-state index contributed by atoms with van der Waals surface area (Å²) >= 11 is 0. The Morgan fingerprint density at radius 3 is 2.81 bits per heavy atom. The first-order valence-corrected chi connectivity index (χ1v) is 9.89. The maximum atomic E-state index is 13.8. The molecule has 0 aliphatic carbocycles. The van der Waals surface area contributed by atoms with Gasteiger partial charge < -0.3 is 4.98 Å². The first-order chi connectivity index (χ1) is 12.8. The van der Waals surface area contributed by atoms with Gasteiger partial charge in [0.25, 0.3) is 0 Å². The van der Waals surface area contributed by atoms with Gasteiger partial charge in [0.2, 0.25) is 0 Å². The first kappa shape index (κ1) is 16.1. The van der Waals surface area contributed by atoms with Crippen LogP contribution in [0.1, 0.15) is 48.5 Å². The second-order valence-corrected chi connectivity index (χ2v) is 7.84. The molecule has 26 heavy (non-hydrogen) atoms. The number of hydrogen-bond acceptors (Lipinski definition) is 1. The van der Waals surface area contributed by atoms with Gasteiger partial charge in [-0.05, 0) is 68.0 Å². The van der Waals surface area contributed by atoms with Crippen LogP contribution in [0.5, 0.6) is 0 Å². The van der Waals surface area contributed by atoms with Crippen LogP contribution in [-0.2, 0) is 12.8 Å². The van der Waals surface area contributed by atoms with E-state index in [2.05, 4.69) is 40.2 Å². The van der Waals surface area contributed by atoms with Crippen molar-refractivity contribution < 1.29 is 4.39 Å². The van der Waals surface area contributed by atoms with Gasteiger partial charge in [-0.3, -0.25) is 4.90 Å². The Balaban J connectivity index is 1.31. The summed E-state index contributed by atoms with van der Waals surface area (Å²) in [7, 11) is 0. The molecule has 0 saturated carbocycles. The number of aryl methyl sites for hydroxylation is 1. The van der Waals surface area contributed by atoms with Crippen LogP contribution < -0.4 is 0 Å². The van der Waals surface area contributed by atoms with Crippen molar-refractivity contribution in [3.05, 3.63) is 71.2 Å². The van der Waals surface area contributed by atoms with Gasteiger partial charge in [-0.25, -0.2) is 4.39 Å². The summed E-state index contributed by atoms with van der Waals surface area (Å²) in [4.78, 5) is 6.26. The molecule has 0 amide bonds. The van der Waals surface area contributed by atoms with E-state index in [1.165, 1.54) is 42.5 Å². The summed E-state index contributed by atoms with van der Waals surface area (Å²) in [5.74, 6) is -0.131. The molecule has 1 fully saturated rings. The Morgan fingerprint density at radius 2 is 1.92 bits per heavy atom. The largest absolute Gasteiger partial charge is 0.358 e. The summed E-state index contributed by atoms with van der Waals surface area (Å²) < 4.78 is 13.8. The van der Waals surface area contributed by atoms with Crippen molar-refractivity contribution in [1.29, 1.82) is 0 Å². The van der Waals surface area contributed by atoms with Crippen LogP contribution in [-0.4, -0.2) is 22.5 Å². The highest BCUT2D eigenvalue weighted by Crippen LogP contribution is 2.46. The van der Waals surface area contributed by atoms with Gasteiger partial charge in [0, 0.05) is 35.1 Å². The fourth-order valence-corrected chi connectivity index (χ4v) is 5.09. The van der Waals surface area contributed by atoms with Crippen LogP contribution in [0.25, 0.3) is 10.9 Å². The van der Waals surface area contributed by atoms with Crippen molar-refractivity contribution in [2.75, 3.05) is 6.54 Å². The molecule has 0 radical (unpaired) electrons. The molecule has 0 unspecified atom stereocenters. The van der Waals surface area contributed by atoms with E-state index < -0.39 is 0 Å². The first-order valence-electron chi connectivity index (χ1n) is 9.89. The van der Waals surface area contributed by atoms with Crippen LogP contribution in [0, 0.1) is 5.82 Å². The number of nitrogens with zero attached hydrogens (tertiary/aromatic N) is 1. The standard InChI is InChI=1S/C23H25FN2/c24-17-9-11-20-19(14-17)23-21(25-20)15-18-10-12-22(23)26(18)13-5-4-8-16-6-2-1-3-7-16/h1-3,6-7,9,11,14,18,22,25H,4-5,8,10,12-13,15H2/t18-,22+/m0/s1. The van der Waals surface area contributed by atoms with Crippen LogP contribution in [0.4, 0.5) is 4.39 Å². The van der Waals surface area contributed by atoms with E-state index in [9.17, 15) is 4.39 Å². The number of halogens is 1. The second-order valence-electron chi connectivity index (χ2n) is 7.84. The number of nitrogens with one attached hydrogen (secondary N) is 1. The van der Waals surface area contributed by atoms with Crippen LogP contribution >= 0.6 is 0 Å². The molecule has 1 aromatic heterocycles. The lowest BCUT2D eigenvalue weighted by Crippen LogP contribution is -2.38. The zero-order valence-electron chi connectivity index (χ0n) is 15.0. The lowest BCUT2D eigenvalue weighted by atomic mass is 9.96. The predicted octanol–water partition coefficient (Wildman–Crippen LogP) is 5.39. The molecule has 3 heteroatoms. The van der Waals surface area contributed by atoms with Crippen LogP contribution in [0.3, 0.4) is 0 Å². The third kappa shape index (κ3) is 2.75. The molecule has 2 nitrogen and oxygen atoms in total. The van der Waals surface area contributed by atoms with Crippen LogP contribution in [0.15, 0.2) is 48.5 Å². The fourth-order valence-electron chi connectivity index (χ4n) is 5.09. The number of aromatic nitrogens is 1. The molecule has 2 aliphatic heterocycles. The van der Waals surface area contributed by atoms with Gasteiger partial charge in [-0.15, -0.1) is 0 Å². The molecule has 134 valence electrons. The lowest BCUT2D eigenvalue weighted by molar-refractivity contribution is 0.174. The topological polar surface area (TPSA) is 19.0 Å². The summed E-state index contributed by atoms with van der Waals surface area (Å²) in [6, 6.07) is 17.1. The van der Waals surface area contributed by atoms with Crippen molar-refractivity contribution >= 4 is 10.9 Å². The van der Waals surface area contributed by atoms with E-state index in [4.69, 9.17) is 0 Å². The van der Waals surface area contributed by atoms with Crippen molar-refractivity contribution in [3.8, 4) is 0 Å². The van der Waals surface area contributed by atoms with E-state index in [1.54, 1.807) is 12.1 Å². The number of hydrogen-bond donors (Lipinski definition) is 1. The SMILES string of the molecule is Fc1ccc2[nH]c3c(c2c1)[C@H]1CC[C@@H](C3)N1CCCCc1ccccc1. The molecule has 2 bridgehead atoms. The quantitative estimate of drug-likeness (QED) is 0.612. The van der Waals surface area contributed by atoms with Crippen molar-refractivity contribution in [2.45, 2.75) is 50.6 Å². The van der Waals surface area contributed by atoms with E-state index in [0.717, 1.165) is 30.3 Å². The number of unbranched alkanes of at least 4 members (excludes halogenated alkanes) is 1. The summed E-state index contributed by atoms with van der Waals surface area (Å²) in [5.41, 5.74) is 5.24. The number of aromatic amines is 1. The minimum atomic E-state index is -0.131. The lowest BCUT2D eigenvalue weighted by Gasteiger charge is -2.35. The monoisotopic (exact) mass is 348 g/mol. The van der Waals surface area contributed by atoms with Crippen molar-refractivity contribution in [3.63, 3.8) is 0 Å². The van der Waals surface area contributed by atoms with E-state index in [-0.39, 0.29) is 5.82 Å². The van der Waals surface area contributed by atoms with Gasteiger partial charge in [-0.1, -0.05) is 30.3 Å². The molecule has 2 atom stereocenters. The highest BCUT2D eigenvalue weighted by molar-refractivity contribution is 5.85. The molecular weight excluding hydrogens is 323 g/mol. The molecule has 2 aliphatic rings. The third-order valence-corrected chi connectivity index (χ3v) is 6.27. The van der Waals surface area contributed by atoms with Gasteiger partial charge >= 0.3 is 0 Å². The Labute approximate surface area is 154 Å². The smallest absolute Gasteiger partial charge is 0.123 e. The molecule has 1 saturated heterocycles. The fraction of sp³-hybridized carbons (Fsp3) is 0.391. The minimum absolute atomic E-state index is 0.131. The Hall–Kier alpha value is -2.13. The summed E-state index contributed by atoms with van der Waals surface area (Å²) in [6.45, 7) is 1.16. The van der Waals surface area contributed by atoms with Crippen molar-refractivity contribution in [2.24, 2.45) is 0 Å². The predicted molar refractivity (Wildman–Crippen MR) is 104 cm³/mol. The third-order valence-electron chi connectivity index (χ3n) is 6.27. The molecule has 5 rings (SSSR count). The highest BCUT2D eigenvalue weighted by Gasteiger charge is 2.41. The van der Waals surface area contributed by atoms with Gasteiger partial charge in [0.05, 0.1) is 0 Å². The maximum absolute atomic E-state index is 13.8. The molecule has 2 aromatic carbocycles. The van der Waals surface area contributed by atoms with Gasteiger partial charge in [0.15, 0.2) is 0 Å². The van der Waals surface area contributed by atoms with E-state index in [0.29, 0.717) is 12.1 Å². The number of fused-ring (bicyclic) bond motifs is 6. The summed E-state index contributed by atoms with van der Waals surface area (Å²) in [6.07, 6.45) is 7.18. The zero-order valence-corrected chi connectivity index (χ0v) is 15.0. The minimum Gasteiger partial charge on any atom is -0.358 e. The molecule has 3 heterocycles. The van der Waals surface area contributed by atoms with Crippen LogP contribution in [0.2, 0.25) is 0 Å². The van der Waals surface area contributed by atoms with Gasteiger partial charge in [-0.2, -0.15) is 0 Å². The summed E-state index contributed by atoms with van der Waals surface area (Å²) in [5, 5.41) is 1.10. The van der Waals surface area contributed by atoms with Crippen molar-refractivity contribution in [1.82, 2.24) is 9.88 Å². The number of benzene rings is 2. The zero-order chi connectivity index (χ0) is 17.5. The average molecular weight is 348 g/mol. The Bertz CT molecular complexity index is 915. The molecule has 3 aromatic rings.